The van der Waals surface area contributed by atoms with Gasteiger partial charge in [-0.15, -0.1) is 0 Å². The van der Waals surface area contributed by atoms with E-state index in [4.69, 9.17) is 5.11 Å². The van der Waals surface area contributed by atoms with E-state index in [-0.39, 0.29) is 17.9 Å². The molecule has 1 saturated heterocycles. The summed E-state index contributed by atoms with van der Waals surface area (Å²) in [5, 5.41) is 19.5. The number of non-ortho nitro benzene ring substituents is 1. The number of carbonyl (C=O) groups is 1. The standard InChI is InChI=1S/C12H13FN2O4/c13-10-6-9(15(18)19)3-4-11(10)14-5-1-2-8(7-14)12(16)17/h3-4,6,8H,1-2,5,7H2,(H,16,17). The third-order valence-electron chi connectivity index (χ3n) is 3.25. The van der Waals surface area contributed by atoms with Crippen molar-refractivity contribution in [2.45, 2.75) is 12.8 Å². The Morgan fingerprint density at radius 2 is 2.26 bits per heavy atom. The molecule has 0 aliphatic carbocycles. The van der Waals surface area contributed by atoms with E-state index < -0.39 is 22.6 Å². The molecular weight excluding hydrogens is 255 g/mol. The molecule has 1 fully saturated rings. The van der Waals surface area contributed by atoms with E-state index >= 15 is 0 Å². The van der Waals surface area contributed by atoms with Crippen molar-refractivity contribution >= 4 is 17.3 Å². The molecule has 1 heterocycles. The topological polar surface area (TPSA) is 83.7 Å². The second kappa shape index (κ2) is 5.21. The van der Waals surface area contributed by atoms with Crippen molar-refractivity contribution in [3.05, 3.63) is 34.1 Å². The first kappa shape index (κ1) is 13.3. The van der Waals surface area contributed by atoms with Gasteiger partial charge < -0.3 is 10.0 Å². The molecule has 102 valence electrons. The molecule has 1 aliphatic heterocycles. The molecule has 1 aromatic rings. The molecule has 1 aliphatic rings. The van der Waals surface area contributed by atoms with Gasteiger partial charge in [0.1, 0.15) is 0 Å². The molecule has 1 aromatic carbocycles. The lowest BCUT2D eigenvalue weighted by Gasteiger charge is -2.32. The van der Waals surface area contributed by atoms with Gasteiger partial charge in [-0.05, 0) is 18.9 Å². The smallest absolute Gasteiger partial charge is 0.308 e. The minimum absolute atomic E-state index is 0.219. The molecule has 0 saturated carbocycles. The fourth-order valence-corrected chi connectivity index (χ4v) is 2.26. The number of aliphatic carboxylic acids is 1. The predicted octanol–water partition coefficient (Wildman–Crippen LogP) is 2.03. The van der Waals surface area contributed by atoms with Gasteiger partial charge in [0.05, 0.1) is 22.6 Å². The van der Waals surface area contributed by atoms with E-state index in [0.29, 0.717) is 19.4 Å². The van der Waals surface area contributed by atoms with Crippen molar-refractivity contribution in [1.82, 2.24) is 0 Å². The van der Waals surface area contributed by atoms with Gasteiger partial charge in [0.2, 0.25) is 0 Å². The van der Waals surface area contributed by atoms with Gasteiger partial charge in [-0.25, -0.2) is 4.39 Å². The Hall–Kier alpha value is -2.18. The number of hydrogen-bond acceptors (Lipinski definition) is 4. The third kappa shape index (κ3) is 2.81. The summed E-state index contributed by atoms with van der Waals surface area (Å²) in [6.45, 7) is 0.780. The van der Waals surface area contributed by atoms with Crippen LogP contribution in [0, 0.1) is 21.8 Å². The van der Waals surface area contributed by atoms with Gasteiger partial charge in [0.15, 0.2) is 5.82 Å². The zero-order chi connectivity index (χ0) is 14.0. The van der Waals surface area contributed by atoms with Crippen LogP contribution in [0.1, 0.15) is 12.8 Å². The van der Waals surface area contributed by atoms with Crippen LogP contribution >= 0.6 is 0 Å². The van der Waals surface area contributed by atoms with Crippen LogP contribution in [-0.2, 0) is 4.79 Å². The minimum atomic E-state index is -0.896. The van der Waals surface area contributed by atoms with Gasteiger partial charge >= 0.3 is 5.97 Å². The maximum Gasteiger partial charge on any atom is 0.308 e. The van der Waals surface area contributed by atoms with Crippen LogP contribution in [0.25, 0.3) is 0 Å². The van der Waals surface area contributed by atoms with E-state index in [2.05, 4.69) is 0 Å². The average molecular weight is 268 g/mol. The van der Waals surface area contributed by atoms with Crippen LogP contribution < -0.4 is 4.90 Å². The number of benzene rings is 1. The lowest BCUT2D eigenvalue weighted by atomic mass is 9.98. The van der Waals surface area contributed by atoms with Crippen molar-refractivity contribution in [2.24, 2.45) is 5.92 Å². The van der Waals surface area contributed by atoms with Crippen molar-refractivity contribution in [2.75, 3.05) is 18.0 Å². The number of piperidine rings is 1. The molecule has 2 rings (SSSR count). The van der Waals surface area contributed by atoms with E-state index in [1.807, 2.05) is 0 Å². The molecule has 7 heteroatoms. The molecule has 1 atom stereocenters. The fraction of sp³-hybridized carbons (Fsp3) is 0.417. The highest BCUT2D eigenvalue weighted by atomic mass is 19.1. The molecule has 1 N–H and O–H groups in total. The molecule has 0 aromatic heterocycles. The Morgan fingerprint density at radius 3 is 2.84 bits per heavy atom. The highest BCUT2D eigenvalue weighted by molar-refractivity contribution is 5.71. The SMILES string of the molecule is O=C(O)C1CCCN(c2ccc([N+](=O)[O-])cc2F)C1. The number of carboxylic acids is 1. The first-order valence-electron chi connectivity index (χ1n) is 5.90. The third-order valence-corrected chi connectivity index (χ3v) is 3.25. The molecule has 0 radical (unpaired) electrons. The number of rotatable bonds is 3. The summed E-state index contributed by atoms with van der Waals surface area (Å²) in [5.74, 6) is -2.12. The summed E-state index contributed by atoms with van der Waals surface area (Å²) in [6, 6.07) is 3.42. The molecule has 6 nitrogen and oxygen atoms in total. The summed E-state index contributed by atoms with van der Waals surface area (Å²) in [4.78, 5) is 22.4. The number of nitrogens with zero attached hydrogens (tertiary/aromatic N) is 2. The molecule has 1 unspecified atom stereocenters. The Morgan fingerprint density at radius 1 is 1.53 bits per heavy atom. The number of anilines is 1. The molecular formula is C12H13FN2O4. The van der Waals surface area contributed by atoms with E-state index in [9.17, 15) is 19.3 Å². The minimum Gasteiger partial charge on any atom is -0.481 e. The molecule has 0 spiro atoms. The summed E-state index contributed by atoms with van der Waals surface area (Å²) in [6.07, 6.45) is 1.23. The van der Waals surface area contributed by atoms with Gasteiger partial charge in [0, 0.05) is 19.2 Å². The summed E-state index contributed by atoms with van der Waals surface area (Å²) >= 11 is 0. The van der Waals surface area contributed by atoms with Crippen molar-refractivity contribution in [1.29, 1.82) is 0 Å². The van der Waals surface area contributed by atoms with Crippen LogP contribution in [0.15, 0.2) is 18.2 Å². The van der Waals surface area contributed by atoms with Crippen LogP contribution in [0.4, 0.5) is 15.8 Å². The number of nitro groups is 1. The molecule has 19 heavy (non-hydrogen) atoms. The van der Waals surface area contributed by atoms with E-state index in [1.54, 1.807) is 4.90 Å². The summed E-state index contributed by atoms with van der Waals surface area (Å²) < 4.78 is 13.8. The van der Waals surface area contributed by atoms with E-state index in [0.717, 1.165) is 6.07 Å². The Kier molecular flexibility index (Phi) is 3.64. The Bertz CT molecular complexity index is 520. The Balaban J connectivity index is 2.22. The second-order valence-electron chi connectivity index (χ2n) is 4.52. The van der Waals surface area contributed by atoms with Crippen molar-refractivity contribution in [3.63, 3.8) is 0 Å². The lowest BCUT2D eigenvalue weighted by Crippen LogP contribution is -2.39. The largest absolute Gasteiger partial charge is 0.481 e. The zero-order valence-electron chi connectivity index (χ0n) is 10.1. The maximum atomic E-state index is 13.8. The number of hydrogen-bond donors (Lipinski definition) is 1. The fourth-order valence-electron chi connectivity index (χ4n) is 2.26. The summed E-state index contributed by atoms with van der Waals surface area (Å²) in [5.41, 5.74) is -0.0930. The van der Waals surface area contributed by atoms with E-state index in [1.165, 1.54) is 12.1 Å². The highest BCUT2D eigenvalue weighted by Gasteiger charge is 2.27. The van der Waals surface area contributed by atoms with Gasteiger partial charge in [0.25, 0.3) is 5.69 Å². The van der Waals surface area contributed by atoms with Gasteiger partial charge in [-0.1, -0.05) is 0 Å². The Labute approximate surface area is 108 Å². The zero-order valence-corrected chi connectivity index (χ0v) is 10.1. The molecule has 0 amide bonds. The molecule has 0 bridgehead atoms. The highest BCUT2D eigenvalue weighted by Crippen LogP contribution is 2.28. The van der Waals surface area contributed by atoms with Crippen LogP contribution in [0.2, 0.25) is 0 Å². The number of carboxylic acid groups (broad SMARTS) is 1. The lowest BCUT2D eigenvalue weighted by molar-refractivity contribution is -0.385. The normalized spacial score (nSPS) is 19.2. The van der Waals surface area contributed by atoms with Crippen LogP contribution in [-0.4, -0.2) is 29.1 Å². The average Bonchev–Trinajstić information content (AvgIpc) is 2.38. The quantitative estimate of drug-likeness (QED) is 0.669. The van der Waals surface area contributed by atoms with Gasteiger partial charge in [-0.2, -0.15) is 0 Å². The van der Waals surface area contributed by atoms with Crippen LogP contribution in [0.3, 0.4) is 0 Å². The first-order chi connectivity index (χ1) is 8.99. The van der Waals surface area contributed by atoms with Crippen molar-refractivity contribution < 1.29 is 19.2 Å². The second-order valence-corrected chi connectivity index (χ2v) is 4.52. The monoisotopic (exact) mass is 268 g/mol. The maximum absolute atomic E-state index is 13.8. The number of halogens is 1. The summed E-state index contributed by atoms with van der Waals surface area (Å²) in [7, 11) is 0. The van der Waals surface area contributed by atoms with Crippen molar-refractivity contribution in [3.8, 4) is 0 Å². The van der Waals surface area contributed by atoms with Crippen LogP contribution in [0.5, 0.6) is 0 Å². The van der Waals surface area contributed by atoms with Gasteiger partial charge in [-0.3, -0.25) is 14.9 Å². The number of nitro benzene ring substituents is 1. The first-order valence-corrected chi connectivity index (χ1v) is 5.90. The predicted molar refractivity (Wildman–Crippen MR) is 65.6 cm³/mol.